The Balaban J connectivity index is 2.18. The molecule has 1 heterocycles. The van der Waals surface area contributed by atoms with E-state index in [0.717, 1.165) is 33.6 Å². The zero-order chi connectivity index (χ0) is 14.8. The van der Waals surface area contributed by atoms with Crippen LogP contribution in [-0.4, -0.2) is 24.1 Å². The zero-order valence-corrected chi connectivity index (χ0v) is 12.5. The SMILES string of the molecule is CNc1nc(Cl)nc2ccc(-c3cccc(OC)c3)cc12. The first kappa shape index (κ1) is 13.6. The number of hydrogen-bond donors (Lipinski definition) is 1. The van der Waals surface area contributed by atoms with E-state index in [1.54, 1.807) is 7.11 Å². The van der Waals surface area contributed by atoms with Gasteiger partial charge in [-0.05, 0) is 47.0 Å². The molecule has 0 bridgehead atoms. The molecule has 0 amide bonds. The van der Waals surface area contributed by atoms with Crippen LogP contribution in [0.3, 0.4) is 0 Å². The molecule has 3 aromatic rings. The summed E-state index contributed by atoms with van der Waals surface area (Å²) in [6.45, 7) is 0. The molecule has 0 aliphatic carbocycles. The van der Waals surface area contributed by atoms with E-state index >= 15 is 0 Å². The van der Waals surface area contributed by atoms with Crippen molar-refractivity contribution in [2.75, 3.05) is 19.5 Å². The fraction of sp³-hybridized carbons (Fsp3) is 0.125. The van der Waals surface area contributed by atoms with Gasteiger partial charge in [0.15, 0.2) is 0 Å². The van der Waals surface area contributed by atoms with Crippen molar-refractivity contribution in [1.29, 1.82) is 0 Å². The summed E-state index contributed by atoms with van der Waals surface area (Å²) >= 11 is 5.92. The molecule has 1 N–H and O–H groups in total. The number of benzene rings is 2. The van der Waals surface area contributed by atoms with Crippen LogP contribution in [0.1, 0.15) is 0 Å². The first-order valence-corrected chi connectivity index (χ1v) is 6.88. The van der Waals surface area contributed by atoms with Crippen molar-refractivity contribution in [2.45, 2.75) is 0 Å². The molecular formula is C16H14ClN3O. The van der Waals surface area contributed by atoms with Crippen molar-refractivity contribution >= 4 is 28.3 Å². The molecule has 21 heavy (non-hydrogen) atoms. The van der Waals surface area contributed by atoms with Crippen LogP contribution in [0.25, 0.3) is 22.0 Å². The number of hydrogen-bond acceptors (Lipinski definition) is 4. The van der Waals surface area contributed by atoms with Crippen molar-refractivity contribution in [1.82, 2.24) is 9.97 Å². The maximum absolute atomic E-state index is 5.92. The second-order valence-electron chi connectivity index (χ2n) is 4.56. The Kier molecular flexibility index (Phi) is 3.62. The average molecular weight is 300 g/mol. The summed E-state index contributed by atoms with van der Waals surface area (Å²) in [5.41, 5.74) is 2.96. The molecule has 5 heteroatoms. The van der Waals surface area contributed by atoms with E-state index in [0.29, 0.717) is 0 Å². The molecule has 0 spiro atoms. The lowest BCUT2D eigenvalue weighted by molar-refractivity contribution is 0.415. The second-order valence-corrected chi connectivity index (χ2v) is 4.89. The van der Waals surface area contributed by atoms with Crippen LogP contribution in [0, 0.1) is 0 Å². The molecule has 0 fully saturated rings. The highest BCUT2D eigenvalue weighted by Gasteiger charge is 2.08. The fourth-order valence-electron chi connectivity index (χ4n) is 2.27. The third-order valence-corrected chi connectivity index (χ3v) is 3.48. The summed E-state index contributed by atoms with van der Waals surface area (Å²) in [6.07, 6.45) is 0. The number of rotatable bonds is 3. The quantitative estimate of drug-likeness (QED) is 0.743. The molecule has 0 aliphatic rings. The molecule has 0 unspecified atom stereocenters. The highest BCUT2D eigenvalue weighted by Crippen LogP contribution is 2.29. The molecule has 0 saturated heterocycles. The van der Waals surface area contributed by atoms with Crippen LogP contribution in [0.15, 0.2) is 42.5 Å². The molecule has 3 rings (SSSR count). The minimum Gasteiger partial charge on any atom is -0.497 e. The van der Waals surface area contributed by atoms with Gasteiger partial charge in [0, 0.05) is 12.4 Å². The molecular weight excluding hydrogens is 286 g/mol. The van der Waals surface area contributed by atoms with Gasteiger partial charge in [0.25, 0.3) is 0 Å². The lowest BCUT2D eigenvalue weighted by Crippen LogP contribution is -1.96. The zero-order valence-electron chi connectivity index (χ0n) is 11.7. The number of aromatic nitrogens is 2. The third-order valence-electron chi connectivity index (χ3n) is 3.31. The van der Waals surface area contributed by atoms with E-state index in [-0.39, 0.29) is 5.28 Å². The summed E-state index contributed by atoms with van der Waals surface area (Å²) in [7, 11) is 3.48. The maximum atomic E-state index is 5.92. The molecule has 0 saturated carbocycles. The Morgan fingerprint density at radius 2 is 1.86 bits per heavy atom. The normalized spacial score (nSPS) is 10.6. The predicted molar refractivity (Wildman–Crippen MR) is 86.1 cm³/mol. The van der Waals surface area contributed by atoms with Crippen molar-refractivity contribution in [3.05, 3.63) is 47.7 Å². The largest absolute Gasteiger partial charge is 0.497 e. The molecule has 0 radical (unpaired) electrons. The summed E-state index contributed by atoms with van der Waals surface area (Å²) in [4.78, 5) is 8.45. The Morgan fingerprint density at radius 1 is 1.05 bits per heavy atom. The number of halogens is 1. The van der Waals surface area contributed by atoms with E-state index < -0.39 is 0 Å². The van der Waals surface area contributed by atoms with Crippen LogP contribution >= 0.6 is 11.6 Å². The summed E-state index contributed by atoms with van der Waals surface area (Å²) in [6, 6.07) is 13.9. The van der Waals surface area contributed by atoms with Gasteiger partial charge in [-0.15, -0.1) is 0 Å². The van der Waals surface area contributed by atoms with E-state index in [2.05, 4.69) is 15.3 Å². The van der Waals surface area contributed by atoms with Gasteiger partial charge in [-0.1, -0.05) is 18.2 Å². The van der Waals surface area contributed by atoms with Crippen LogP contribution in [0.5, 0.6) is 5.75 Å². The standard InChI is InChI=1S/C16H14ClN3O/c1-18-15-13-9-11(6-7-14(13)19-16(17)20-15)10-4-3-5-12(8-10)21-2/h3-9H,1-2H3,(H,18,19,20). The van der Waals surface area contributed by atoms with Gasteiger partial charge in [0.1, 0.15) is 11.6 Å². The van der Waals surface area contributed by atoms with E-state index in [1.807, 2.05) is 49.5 Å². The number of fused-ring (bicyclic) bond motifs is 1. The molecule has 2 aromatic carbocycles. The summed E-state index contributed by atoms with van der Waals surface area (Å²) in [5.74, 6) is 1.54. The Morgan fingerprint density at radius 3 is 2.62 bits per heavy atom. The number of nitrogens with one attached hydrogen (secondary N) is 1. The van der Waals surface area contributed by atoms with Crippen LogP contribution in [-0.2, 0) is 0 Å². The van der Waals surface area contributed by atoms with Crippen molar-refractivity contribution in [2.24, 2.45) is 0 Å². The third kappa shape index (κ3) is 2.62. The topological polar surface area (TPSA) is 47.0 Å². The van der Waals surface area contributed by atoms with Crippen molar-refractivity contribution in [3.8, 4) is 16.9 Å². The Labute approximate surface area is 127 Å². The molecule has 1 aromatic heterocycles. The number of anilines is 1. The minimum atomic E-state index is 0.237. The number of methoxy groups -OCH3 is 1. The van der Waals surface area contributed by atoms with Gasteiger partial charge in [-0.3, -0.25) is 0 Å². The van der Waals surface area contributed by atoms with Gasteiger partial charge in [0.05, 0.1) is 12.6 Å². The number of ether oxygens (including phenoxy) is 1. The molecule has 0 aliphatic heterocycles. The van der Waals surface area contributed by atoms with E-state index in [9.17, 15) is 0 Å². The van der Waals surface area contributed by atoms with Crippen molar-refractivity contribution < 1.29 is 4.74 Å². The average Bonchev–Trinajstić information content (AvgIpc) is 2.53. The van der Waals surface area contributed by atoms with Crippen LogP contribution in [0.4, 0.5) is 5.82 Å². The minimum absolute atomic E-state index is 0.237. The summed E-state index contributed by atoms with van der Waals surface area (Å²) < 4.78 is 5.27. The lowest BCUT2D eigenvalue weighted by Gasteiger charge is -2.09. The van der Waals surface area contributed by atoms with E-state index in [1.165, 1.54) is 0 Å². The first-order chi connectivity index (χ1) is 10.2. The van der Waals surface area contributed by atoms with Gasteiger partial charge in [-0.25, -0.2) is 9.97 Å². The fourth-order valence-corrected chi connectivity index (χ4v) is 2.45. The van der Waals surface area contributed by atoms with Crippen LogP contribution in [0.2, 0.25) is 5.28 Å². The van der Waals surface area contributed by atoms with Gasteiger partial charge < -0.3 is 10.1 Å². The first-order valence-electron chi connectivity index (χ1n) is 6.51. The van der Waals surface area contributed by atoms with Gasteiger partial charge in [-0.2, -0.15) is 0 Å². The molecule has 106 valence electrons. The highest BCUT2D eigenvalue weighted by molar-refractivity contribution is 6.28. The van der Waals surface area contributed by atoms with Gasteiger partial charge in [0.2, 0.25) is 5.28 Å². The monoisotopic (exact) mass is 299 g/mol. The summed E-state index contributed by atoms with van der Waals surface area (Å²) in [5, 5.41) is 4.22. The lowest BCUT2D eigenvalue weighted by atomic mass is 10.0. The smallest absolute Gasteiger partial charge is 0.224 e. The molecule has 4 nitrogen and oxygen atoms in total. The van der Waals surface area contributed by atoms with Crippen molar-refractivity contribution in [3.63, 3.8) is 0 Å². The Bertz CT molecular complexity index is 805. The Hall–Kier alpha value is -2.33. The van der Waals surface area contributed by atoms with Crippen LogP contribution < -0.4 is 10.1 Å². The van der Waals surface area contributed by atoms with Gasteiger partial charge >= 0.3 is 0 Å². The predicted octanol–water partition coefficient (Wildman–Crippen LogP) is 4.00. The highest BCUT2D eigenvalue weighted by atomic mass is 35.5. The van der Waals surface area contributed by atoms with E-state index in [4.69, 9.17) is 16.3 Å². The molecule has 0 atom stereocenters. The maximum Gasteiger partial charge on any atom is 0.224 e. The number of nitrogens with zero attached hydrogens (tertiary/aromatic N) is 2. The second kappa shape index (κ2) is 5.58.